The highest BCUT2D eigenvalue weighted by atomic mass is 79.9. The number of halogens is 1. The standard InChI is InChI=1S/C21H18BrN5OS/c22-14-9-11-15(12-10-14)27-21(23-24-25-27)29-13-20(28)26-18-7-3-1-5-16(18)17-6-2-4-8-19(17)26/h1,3,5,7,9-12H,2,4,6,8,13H2. The normalized spacial score (nSPS) is 13.6. The molecule has 6 nitrogen and oxygen atoms in total. The van der Waals surface area contributed by atoms with Crippen molar-refractivity contribution in [2.75, 3.05) is 5.75 Å². The van der Waals surface area contributed by atoms with Crippen LogP contribution in [0.1, 0.15) is 28.9 Å². The zero-order valence-electron chi connectivity index (χ0n) is 15.6. The molecule has 0 atom stereocenters. The van der Waals surface area contributed by atoms with Gasteiger partial charge in [0, 0.05) is 15.6 Å². The molecule has 0 saturated carbocycles. The number of nitrogens with zero attached hydrogens (tertiary/aromatic N) is 5. The zero-order chi connectivity index (χ0) is 19.8. The van der Waals surface area contributed by atoms with Crippen LogP contribution in [0, 0.1) is 0 Å². The van der Waals surface area contributed by atoms with Crippen molar-refractivity contribution in [2.24, 2.45) is 0 Å². The average molecular weight is 468 g/mol. The van der Waals surface area contributed by atoms with Crippen molar-refractivity contribution >= 4 is 44.5 Å². The molecule has 2 heterocycles. The molecule has 0 radical (unpaired) electrons. The highest BCUT2D eigenvalue weighted by Gasteiger charge is 2.23. The number of thioether (sulfide) groups is 1. The Morgan fingerprint density at radius 1 is 1.07 bits per heavy atom. The number of benzene rings is 2. The highest BCUT2D eigenvalue weighted by molar-refractivity contribution is 9.10. The number of aromatic nitrogens is 5. The lowest BCUT2D eigenvalue weighted by Gasteiger charge is -2.15. The van der Waals surface area contributed by atoms with Crippen molar-refractivity contribution in [3.05, 3.63) is 64.3 Å². The number of hydrogen-bond acceptors (Lipinski definition) is 5. The van der Waals surface area contributed by atoms with Crippen molar-refractivity contribution in [3.8, 4) is 5.69 Å². The maximum Gasteiger partial charge on any atom is 0.241 e. The molecule has 0 unspecified atom stereocenters. The van der Waals surface area contributed by atoms with Crippen molar-refractivity contribution in [2.45, 2.75) is 30.8 Å². The Morgan fingerprint density at radius 2 is 1.86 bits per heavy atom. The maximum absolute atomic E-state index is 13.2. The van der Waals surface area contributed by atoms with Gasteiger partial charge < -0.3 is 0 Å². The third-order valence-corrected chi connectivity index (χ3v) is 6.70. The second kappa shape index (κ2) is 7.76. The summed E-state index contributed by atoms with van der Waals surface area (Å²) >= 11 is 4.80. The molecule has 29 heavy (non-hydrogen) atoms. The third-order valence-electron chi connectivity index (χ3n) is 5.26. The van der Waals surface area contributed by atoms with Gasteiger partial charge in [0.1, 0.15) is 0 Å². The summed E-state index contributed by atoms with van der Waals surface area (Å²) in [5, 5.41) is 13.8. The molecule has 4 aromatic rings. The Balaban J connectivity index is 1.43. The molecule has 0 N–H and O–H groups in total. The van der Waals surface area contributed by atoms with E-state index in [1.807, 2.05) is 47.0 Å². The van der Waals surface area contributed by atoms with Crippen molar-refractivity contribution in [3.63, 3.8) is 0 Å². The number of carbonyl (C=O) groups excluding carboxylic acids is 1. The summed E-state index contributed by atoms with van der Waals surface area (Å²) in [5.41, 5.74) is 4.38. The van der Waals surface area contributed by atoms with Crippen LogP contribution in [0.25, 0.3) is 16.6 Å². The lowest BCUT2D eigenvalue weighted by molar-refractivity contribution is 0.0943. The largest absolute Gasteiger partial charge is 0.283 e. The minimum Gasteiger partial charge on any atom is -0.283 e. The smallest absolute Gasteiger partial charge is 0.241 e. The fraction of sp³-hybridized carbons (Fsp3) is 0.238. The van der Waals surface area contributed by atoms with Crippen LogP contribution in [-0.2, 0) is 12.8 Å². The zero-order valence-corrected chi connectivity index (χ0v) is 18.0. The first-order valence-electron chi connectivity index (χ1n) is 9.54. The number of carbonyl (C=O) groups is 1. The fourth-order valence-electron chi connectivity index (χ4n) is 3.98. The number of para-hydroxylation sites is 1. The van der Waals surface area contributed by atoms with E-state index in [1.54, 1.807) is 4.68 Å². The van der Waals surface area contributed by atoms with E-state index in [2.05, 4.69) is 37.5 Å². The van der Waals surface area contributed by atoms with E-state index in [9.17, 15) is 4.79 Å². The lowest BCUT2D eigenvalue weighted by Crippen LogP contribution is -2.18. The molecule has 1 aliphatic carbocycles. The van der Waals surface area contributed by atoms with Crippen LogP contribution in [0.5, 0.6) is 0 Å². The van der Waals surface area contributed by atoms with E-state index in [1.165, 1.54) is 34.8 Å². The van der Waals surface area contributed by atoms with Crippen molar-refractivity contribution in [1.82, 2.24) is 24.8 Å². The summed E-state index contributed by atoms with van der Waals surface area (Å²) in [5.74, 6) is 0.349. The van der Waals surface area contributed by atoms with E-state index in [0.717, 1.165) is 34.9 Å². The molecule has 0 fully saturated rings. The predicted octanol–water partition coefficient (Wildman–Crippen LogP) is 4.69. The van der Waals surface area contributed by atoms with E-state index in [-0.39, 0.29) is 11.7 Å². The van der Waals surface area contributed by atoms with Gasteiger partial charge in [0.15, 0.2) is 0 Å². The van der Waals surface area contributed by atoms with E-state index in [4.69, 9.17) is 0 Å². The number of fused-ring (bicyclic) bond motifs is 3. The minimum absolute atomic E-state index is 0.0692. The summed E-state index contributed by atoms with van der Waals surface area (Å²) < 4.78 is 4.57. The van der Waals surface area contributed by atoms with E-state index in [0.29, 0.717) is 5.16 Å². The molecule has 2 aromatic heterocycles. The van der Waals surface area contributed by atoms with Crippen LogP contribution >= 0.6 is 27.7 Å². The molecule has 0 bridgehead atoms. The topological polar surface area (TPSA) is 65.6 Å². The minimum atomic E-state index is 0.0692. The Morgan fingerprint density at radius 3 is 2.72 bits per heavy atom. The Labute approximate surface area is 180 Å². The summed E-state index contributed by atoms with van der Waals surface area (Å²) in [6.45, 7) is 0. The molecule has 0 amide bonds. The second-order valence-electron chi connectivity index (χ2n) is 7.02. The molecule has 8 heteroatoms. The Hall–Kier alpha value is -2.45. The summed E-state index contributed by atoms with van der Waals surface area (Å²) in [6.07, 6.45) is 4.32. The van der Waals surface area contributed by atoms with Crippen LogP contribution < -0.4 is 0 Å². The van der Waals surface area contributed by atoms with Gasteiger partial charge in [-0.2, -0.15) is 4.68 Å². The van der Waals surface area contributed by atoms with E-state index >= 15 is 0 Å². The molecular formula is C21H18BrN5OS. The monoisotopic (exact) mass is 467 g/mol. The number of rotatable bonds is 4. The highest BCUT2D eigenvalue weighted by Crippen LogP contribution is 2.32. The van der Waals surface area contributed by atoms with Crippen LogP contribution in [0.3, 0.4) is 0 Å². The SMILES string of the molecule is O=C(CSc1nnnn1-c1ccc(Br)cc1)n1c2c(c3ccccc31)CCCC2. The van der Waals surface area contributed by atoms with Crippen LogP contribution in [0.4, 0.5) is 0 Å². The Kier molecular flexibility index (Phi) is 4.97. The first-order chi connectivity index (χ1) is 14.2. The number of hydrogen-bond donors (Lipinski definition) is 0. The van der Waals surface area contributed by atoms with Gasteiger partial charge in [0.2, 0.25) is 11.1 Å². The molecule has 5 rings (SSSR count). The van der Waals surface area contributed by atoms with Crippen LogP contribution in [0.15, 0.2) is 58.2 Å². The van der Waals surface area contributed by atoms with Crippen LogP contribution in [0.2, 0.25) is 0 Å². The van der Waals surface area contributed by atoms with Crippen molar-refractivity contribution in [1.29, 1.82) is 0 Å². The summed E-state index contributed by atoms with van der Waals surface area (Å²) in [7, 11) is 0. The number of tetrazole rings is 1. The number of aryl methyl sites for hydroxylation is 1. The molecule has 0 spiro atoms. The molecule has 1 aliphatic rings. The summed E-state index contributed by atoms with van der Waals surface area (Å²) in [4.78, 5) is 13.2. The molecule has 146 valence electrons. The van der Waals surface area contributed by atoms with Gasteiger partial charge in [0.25, 0.3) is 0 Å². The van der Waals surface area contributed by atoms with Gasteiger partial charge in [-0.1, -0.05) is 45.9 Å². The Bertz CT molecular complexity index is 1200. The quantitative estimate of drug-likeness (QED) is 0.407. The second-order valence-corrected chi connectivity index (χ2v) is 8.88. The molecule has 0 aliphatic heterocycles. The van der Waals surface area contributed by atoms with Gasteiger partial charge in [-0.3, -0.25) is 9.36 Å². The van der Waals surface area contributed by atoms with Gasteiger partial charge in [-0.15, -0.1) is 5.10 Å². The lowest BCUT2D eigenvalue weighted by atomic mass is 9.96. The van der Waals surface area contributed by atoms with Gasteiger partial charge in [-0.25, -0.2) is 0 Å². The molecule has 2 aromatic carbocycles. The van der Waals surface area contributed by atoms with Gasteiger partial charge in [-0.05, 0) is 72.0 Å². The average Bonchev–Trinajstić information content (AvgIpc) is 3.35. The maximum atomic E-state index is 13.2. The predicted molar refractivity (Wildman–Crippen MR) is 117 cm³/mol. The van der Waals surface area contributed by atoms with Crippen LogP contribution in [-0.4, -0.2) is 36.4 Å². The van der Waals surface area contributed by atoms with Crippen molar-refractivity contribution < 1.29 is 4.79 Å². The summed E-state index contributed by atoms with van der Waals surface area (Å²) in [6, 6.07) is 16.0. The van der Waals surface area contributed by atoms with Gasteiger partial charge in [0.05, 0.1) is 17.0 Å². The fourth-order valence-corrected chi connectivity index (χ4v) is 4.99. The van der Waals surface area contributed by atoms with E-state index < -0.39 is 0 Å². The molecular weight excluding hydrogens is 450 g/mol. The first-order valence-corrected chi connectivity index (χ1v) is 11.3. The molecule has 0 saturated heterocycles. The van der Waals surface area contributed by atoms with Gasteiger partial charge >= 0.3 is 0 Å². The first kappa shape index (κ1) is 18.6. The third kappa shape index (κ3) is 3.40.